The average Bonchev–Trinajstić information content (AvgIpc) is 2.99. The number of aryl methyl sites for hydroxylation is 1. The summed E-state index contributed by atoms with van der Waals surface area (Å²) in [7, 11) is 0. The summed E-state index contributed by atoms with van der Waals surface area (Å²) in [5.74, 6) is 0.412. The van der Waals surface area contributed by atoms with E-state index in [1.54, 1.807) is 19.1 Å². The third kappa shape index (κ3) is 5.76. The van der Waals surface area contributed by atoms with Crippen LogP contribution in [0.4, 0.5) is 0 Å². The summed E-state index contributed by atoms with van der Waals surface area (Å²) in [6, 6.07) is 13.4. The Morgan fingerprint density at radius 1 is 1.21 bits per heavy atom. The Balaban J connectivity index is 1.72. The molecule has 0 spiro atoms. The first kappa shape index (κ1) is 17.5. The maximum Gasteiger partial charge on any atom is 0.331 e. The maximum atomic E-state index is 11.9. The zero-order chi connectivity index (χ0) is 17.4. The molecule has 5 nitrogen and oxygen atoms in total. The van der Waals surface area contributed by atoms with E-state index in [-0.39, 0.29) is 5.91 Å². The fourth-order valence-corrected chi connectivity index (χ4v) is 2.08. The van der Waals surface area contributed by atoms with E-state index in [0.29, 0.717) is 12.3 Å². The number of carbonyl (C=O) groups excluding carboxylic acids is 2. The highest BCUT2D eigenvalue weighted by atomic mass is 16.5. The standard InChI is InChI=1S/C19H21NO4/c1-14-8-9-17(23-14)10-11-18(21)24-15(2)19(22)20-13-12-16-6-4-3-5-7-16/h3-11,15H,12-13H2,1-2H3,(H,20,22)/b11-10+. The zero-order valence-corrected chi connectivity index (χ0v) is 13.8. The normalized spacial score (nSPS) is 12.1. The molecule has 0 saturated heterocycles. The first-order valence-corrected chi connectivity index (χ1v) is 7.81. The predicted octanol–water partition coefficient (Wildman–Crippen LogP) is 2.89. The van der Waals surface area contributed by atoms with E-state index in [1.165, 1.54) is 12.2 Å². The molecule has 0 fully saturated rings. The van der Waals surface area contributed by atoms with Gasteiger partial charge in [0.1, 0.15) is 11.5 Å². The molecule has 1 heterocycles. The third-order valence-corrected chi connectivity index (χ3v) is 3.36. The van der Waals surface area contributed by atoms with E-state index >= 15 is 0 Å². The van der Waals surface area contributed by atoms with Crippen LogP contribution >= 0.6 is 0 Å². The molecule has 5 heteroatoms. The number of furan rings is 1. The smallest absolute Gasteiger partial charge is 0.331 e. The van der Waals surface area contributed by atoms with Crippen LogP contribution in [0.3, 0.4) is 0 Å². The molecule has 2 rings (SSSR count). The molecule has 1 N–H and O–H groups in total. The van der Waals surface area contributed by atoms with E-state index in [2.05, 4.69) is 5.32 Å². The van der Waals surface area contributed by atoms with Gasteiger partial charge in [-0.1, -0.05) is 30.3 Å². The van der Waals surface area contributed by atoms with Crippen molar-refractivity contribution in [2.75, 3.05) is 6.54 Å². The molecule has 1 amide bonds. The number of carbonyl (C=O) groups is 2. The number of hydrogen-bond donors (Lipinski definition) is 1. The van der Waals surface area contributed by atoms with Gasteiger partial charge in [0.05, 0.1) is 0 Å². The molecular weight excluding hydrogens is 306 g/mol. The summed E-state index contributed by atoms with van der Waals surface area (Å²) in [6.45, 7) is 3.85. The van der Waals surface area contributed by atoms with Gasteiger partial charge >= 0.3 is 5.97 Å². The van der Waals surface area contributed by atoms with Crippen molar-refractivity contribution in [2.45, 2.75) is 26.4 Å². The lowest BCUT2D eigenvalue weighted by Gasteiger charge is -2.12. The minimum Gasteiger partial charge on any atom is -0.462 e. The van der Waals surface area contributed by atoms with Crippen LogP contribution in [0.5, 0.6) is 0 Å². The van der Waals surface area contributed by atoms with Gasteiger partial charge in [0.15, 0.2) is 6.10 Å². The Bertz CT molecular complexity index is 703. The van der Waals surface area contributed by atoms with E-state index in [4.69, 9.17) is 9.15 Å². The van der Waals surface area contributed by atoms with Crippen molar-refractivity contribution in [2.24, 2.45) is 0 Å². The Morgan fingerprint density at radius 3 is 2.62 bits per heavy atom. The number of hydrogen-bond acceptors (Lipinski definition) is 4. The number of esters is 1. The average molecular weight is 327 g/mol. The largest absolute Gasteiger partial charge is 0.462 e. The van der Waals surface area contributed by atoms with Gasteiger partial charge in [0.2, 0.25) is 0 Å². The lowest BCUT2D eigenvalue weighted by atomic mass is 10.1. The van der Waals surface area contributed by atoms with Gasteiger partial charge in [-0.25, -0.2) is 4.79 Å². The summed E-state index contributed by atoms with van der Waals surface area (Å²) >= 11 is 0. The number of nitrogens with one attached hydrogen (secondary N) is 1. The minimum absolute atomic E-state index is 0.318. The van der Waals surface area contributed by atoms with Crippen LogP contribution in [0.25, 0.3) is 6.08 Å². The molecule has 126 valence electrons. The third-order valence-electron chi connectivity index (χ3n) is 3.36. The summed E-state index contributed by atoms with van der Waals surface area (Å²) in [6.07, 6.45) is 2.63. The molecular formula is C19H21NO4. The van der Waals surface area contributed by atoms with Crippen LogP contribution in [-0.2, 0) is 20.7 Å². The topological polar surface area (TPSA) is 68.5 Å². The van der Waals surface area contributed by atoms with Crippen molar-refractivity contribution >= 4 is 18.0 Å². The SMILES string of the molecule is Cc1ccc(/C=C/C(=O)OC(C)C(=O)NCCc2ccccc2)o1. The lowest BCUT2D eigenvalue weighted by molar-refractivity contribution is -0.150. The van der Waals surface area contributed by atoms with Crippen molar-refractivity contribution in [3.8, 4) is 0 Å². The molecule has 1 unspecified atom stereocenters. The molecule has 0 bridgehead atoms. The monoisotopic (exact) mass is 327 g/mol. The number of rotatable bonds is 7. The molecule has 2 aromatic rings. The second-order valence-electron chi connectivity index (χ2n) is 5.39. The molecule has 0 radical (unpaired) electrons. The van der Waals surface area contributed by atoms with Crippen molar-refractivity contribution < 1.29 is 18.7 Å². The van der Waals surface area contributed by atoms with Gasteiger partial charge in [-0.05, 0) is 44.0 Å². The highest BCUT2D eigenvalue weighted by Crippen LogP contribution is 2.08. The molecule has 1 atom stereocenters. The second kappa shape index (κ2) is 8.72. The first-order valence-electron chi connectivity index (χ1n) is 7.81. The Labute approximate surface area is 141 Å². The van der Waals surface area contributed by atoms with Crippen LogP contribution < -0.4 is 5.32 Å². The van der Waals surface area contributed by atoms with Gasteiger partial charge in [-0.15, -0.1) is 0 Å². The van der Waals surface area contributed by atoms with E-state index in [9.17, 15) is 9.59 Å². The summed E-state index contributed by atoms with van der Waals surface area (Å²) in [5, 5.41) is 2.75. The van der Waals surface area contributed by atoms with Gasteiger partial charge in [-0.3, -0.25) is 4.79 Å². The van der Waals surface area contributed by atoms with Crippen LogP contribution in [0.1, 0.15) is 24.0 Å². The van der Waals surface area contributed by atoms with Crippen molar-refractivity contribution in [1.82, 2.24) is 5.32 Å². The van der Waals surface area contributed by atoms with Crippen LogP contribution in [-0.4, -0.2) is 24.5 Å². The number of ether oxygens (including phenoxy) is 1. The molecule has 1 aromatic carbocycles. The van der Waals surface area contributed by atoms with E-state index in [0.717, 1.165) is 17.7 Å². The molecule has 0 aliphatic heterocycles. The minimum atomic E-state index is -0.851. The molecule has 0 saturated carbocycles. The fraction of sp³-hybridized carbons (Fsp3) is 0.263. The second-order valence-corrected chi connectivity index (χ2v) is 5.39. The first-order chi connectivity index (χ1) is 11.5. The van der Waals surface area contributed by atoms with Gasteiger partial charge in [0.25, 0.3) is 5.91 Å². The Kier molecular flexibility index (Phi) is 6.37. The zero-order valence-electron chi connectivity index (χ0n) is 13.8. The Morgan fingerprint density at radius 2 is 1.96 bits per heavy atom. The van der Waals surface area contributed by atoms with Crippen LogP contribution in [0.2, 0.25) is 0 Å². The summed E-state index contributed by atoms with van der Waals surface area (Å²) in [4.78, 5) is 23.6. The Hall–Kier alpha value is -2.82. The highest BCUT2D eigenvalue weighted by molar-refractivity contribution is 5.90. The van der Waals surface area contributed by atoms with Crippen LogP contribution in [0.15, 0.2) is 53.0 Å². The van der Waals surface area contributed by atoms with E-state index in [1.807, 2.05) is 37.3 Å². The molecule has 0 aliphatic carbocycles. The van der Waals surface area contributed by atoms with Gasteiger partial charge in [0, 0.05) is 12.6 Å². The maximum absolute atomic E-state index is 11.9. The van der Waals surface area contributed by atoms with E-state index < -0.39 is 12.1 Å². The quantitative estimate of drug-likeness (QED) is 0.627. The number of benzene rings is 1. The summed E-state index contributed by atoms with van der Waals surface area (Å²) < 4.78 is 10.4. The number of amides is 1. The van der Waals surface area contributed by atoms with Gasteiger partial charge in [-0.2, -0.15) is 0 Å². The fourth-order valence-electron chi connectivity index (χ4n) is 2.08. The van der Waals surface area contributed by atoms with Gasteiger partial charge < -0.3 is 14.5 Å². The summed E-state index contributed by atoms with van der Waals surface area (Å²) in [5.41, 5.74) is 1.14. The highest BCUT2D eigenvalue weighted by Gasteiger charge is 2.15. The molecule has 24 heavy (non-hydrogen) atoms. The predicted molar refractivity (Wildman–Crippen MR) is 91.2 cm³/mol. The van der Waals surface area contributed by atoms with Crippen molar-refractivity contribution in [3.05, 3.63) is 65.6 Å². The molecule has 0 aliphatic rings. The van der Waals surface area contributed by atoms with Crippen molar-refractivity contribution in [3.63, 3.8) is 0 Å². The van der Waals surface area contributed by atoms with Crippen LogP contribution in [0, 0.1) is 6.92 Å². The van der Waals surface area contributed by atoms with Crippen molar-refractivity contribution in [1.29, 1.82) is 0 Å². The lowest BCUT2D eigenvalue weighted by Crippen LogP contribution is -2.36. The molecule has 1 aromatic heterocycles.